The highest BCUT2D eigenvalue weighted by Crippen LogP contribution is 2.35. The number of halogens is 1. The van der Waals surface area contributed by atoms with Crippen molar-refractivity contribution in [1.29, 1.82) is 0 Å². The van der Waals surface area contributed by atoms with E-state index < -0.39 is 0 Å². The van der Waals surface area contributed by atoms with Crippen LogP contribution < -0.4 is 5.32 Å². The lowest BCUT2D eigenvalue weighted by Crippen LogP contribution is -2.47. The highest BCUT2D eigenvalue weighted by molar-refractivity contribution is 6.31. The van der Waals surface area contributed by atoms with Crippen LogP contribution in [0.3, 0.4) is 0 Å². The number of carbonyl (C=O) groups excluding carboxylic acids is 2. The smallest absolute Gasteiger partial charge is 0.230 e. The zero-order valence-corrected chi connectivity index (χ0v) is 11.2. The molecular weight excluding hydrogens is 264 g/mol. The molecule has 0 spiro atoms. The largest absolute Gasteiger partial charge is 0.340 e. The first-order valence-electron chi connectivity index (χ1n) is 6.49. The van der Waals surface area contributed by atoms with E-state index in [1.807, 2.05) is 11.0 Å². The number of piperazine rings is 1. The maximum absolute atomic E-state index is 12.5. The van der Waals surface area contributed by atoms with E-state index in [4.69, 9.17) is 11.6 Å². The van der Waals surface area contributed by atoms with Gasteiger partial charge in [-0.25, -0.2) is 0 Å². The number of amides is 1. The fraction of sp³-hybridized carbons (Fsp3) is 0.429. The van der Waals surface area contributed by atoms with E-state index in [9.17, 15) is 9.59 Å². The Morgan fingerprint density at radius 2 is 2.05 bits per heavy atom. The van der Waals surface area contributed by atoms with Gasteiger partial charge >= 0.3 is 0 Å². The number of fused-ring (bicyclic) bond motifs is 1. The van der Waals surface area contributed by atoms with Crippen molar-refractivity contribution >= 4 is 23.3 Å². The van der Waals surface area contributed by atoms with Crippen LogP contribution >= 0.6 is 11.6 Å². The van der Waals surface area contributed by atoms with Crippen LogP contribution in [0, 0.1) is 0 Å². The summed E-state index contributed by atoms with van der Waals surface area (Å²) in [6.07, 6.45) is 0.276. The Balaban J connectivity index is 1.87. The van der Waals surface area contributed by atoms with Gasteiger partial charge in [0.2, 0.25) is 5.91 Å². The molecule has 4 nitrogen and oxygen atoms in total. The van der Waals surface area contributed by atoms with Gasteiger partial charge in [0.1, 0.15) is 0 Å². The summed E-state index contributed by atoms with van der Waals surface area (Å²) in [7, 11) is 0. The van der Waals surface area contributed by atoms with Crippen molar-refractivity contribution in [2.75, 3.05) is 26.2 Å². The number of carbonyl (C=O) groups is 2. The molecule has 1 aromatic rings. The molecule has 1 aromatic carbocycles. The lowest BCUT2D eigenvalue weighted by molar-refractivity contribution is -0.133. The van der Waals surface area contributed by atoms with Gasteiger partial charge in [0.15, 0.2) is 5.78 Å². The van der Waals surface area contributed by atoms with Crippen LogP contribution in [0.1, 0.15) is 28.3 Å². The maximum atomic E-state index is 12.5. The molecule has 1 unspecified atom stereocenters. The molecular formula is C14H15ClN2O2. The number of ketones is 1. The van der Waals surface area contributed by atoms with Crippen LogP contribution in [0.2, 0.25) is 5.02 Å². The van der Waals surface area contributed by atoms with Gasteiger partial charge in [-0.3, -0.25) is 9.59 Å². The van der Waals surface area contributed by atoms with Crippen LogP contribution in [0.25, 0.3) is 0 Å². The van der Waals surface area contributed by atoms with E-state index in [0.717, 1.165) is 18.7 Å². The van der Waals surface area contributed by atoms with Crippen molar-refractivity contribution in [2.45, 2.75) is 12.3 Å². The summed E-state index contributed by atoms with van der Waals surface area (Å²) in [5.41, 5.74) is 1.44. The molecule has 5 heteroatoms. The van der Waals surface area contributed by atoms with E-state index in [0.29, 0.717) is 23.7 Å². The third kappa shape index (κ3) is 2.26. The summed E-state index contributed by atoms with van der Waals surface area (Å²) >= 11 is 5.91. The number of nitrogens with one attached hydrogen (secondary N) is 1. The molecule has 1 heterocycles. The molecule has 1 aliphatic carbocycles. The molecule has 19 heavy (non-hydrogen) atoms. The zero-order chi connectivity index (χ0) is 13.4. The van der Waals surface area contributed by atoms with Crippen LogP contribution in [0.4, 0.5) is 0 Å². The third-order valence-corrected chi connectivity index (χ3v) is 4.04. The van der Waals surface area contributed by atoms with Crippen LogP contribution in [0.15, 0.2) is 18.2 Å². The molecule has 2 aliphatic rings. The molecule has 0 radical (unpaired) electrons. The SMILES string of the molecule is O=C1CC(C(=O)N2CCNCC2)c2ccc(Cl)cc21. The van der Waals surface area contributed by atoms with Gasteiger partial charge in [0.05, 0.1) is 5.92 Å². The van der Waals surface area contributed by atoms with E-state index in [1.54, 1.807) is 12.1 Å². The molecule has 1 aliphatic heterocycles. The Morgan fingerprint density at radius 1 is 1.32 bits per heavy atom. The minimum atomic E-state index is -0.321. The molecule has 3 rings (SSSR count). The monoisotopic (exact) mass is 278 g/mol. The molecule has 0 saturated carbocycles. The molecule has 0 bridgehead atoms. The average molecular weight is 279 g/mol. The van der Waals surface area contributed by atoms with Crippen molar-refractivity contribution in [1.82, 2.24) is 10.2 Å². The summed E-state index contributed by atoms with van der Waals surface area (Å²) in [6, 6.07) is 5.23. The second-order valence-electron chi connectivity index (χ2n) is 4.99. The average Bonchev–Trinajstić information content (AvgIpc) is 2.76. The molecule has 1 fully saturated rings. The Morgan fingerprint density at radius 3 is 2.79 bits per heavy atom. The summed E-state index contributed by atoms with van der Waals surface area (Å²) in [4.78, 5) is 26.3. The van der Waals surface area contributed by atoms with Gasteiger partial charge < -0.3 is 10.2 Å². The summed E-state index contributed by atoms with van der Waals surface area (Å²) in [5, 5.41) is 3.76. The molecule has 100 valence electrons. The summed E-state index contributed by atoms with van der Waals surface area (Å²) < 4.78 is 0. The summed E-state index contributed by atoms with van der Waals surface area (Å²) in [5.74, 6) is -0.236. The van der Waals surface area contributed by atoms with Gasteiger partial charge in [0, 0.05) is 43.2 Å². The summed E-state index contributed by atoms with van der Waals surface area (Å²) in [6.45, 7) is 3.07. The van der Waals surface area contributed by atoms with E-state index in [1.165, 1.54) is 0 Å². The second kappa shape index (κ2) is 4.94. The number of hydrogen-bond acceptors (Lipinski definition) is 3. The van der Waals surface area contributed by atoms with Crippen LogP contribution in [-0.2, 0) is 4.79 Å². The van der Waals surface area contributed by atoms with Gasteiger partial charge in [-0.05, 0) is 17.7 Å². The number of nitrogens with zero attached hydrogens (tertiary/aromatic N) is 1. The number of rotatable bonds is 1. The van der Waals surface area contributed by atoms with Crippen LogP contribution in [-0.4, -0.2) is 42.8 Å². The highest BCUT2D eigenvalue weighted by Gasteiger charge is 2.36. The molecule has 1 atom stereocenters. The lowest BCUT2D eigenvalue weighted by Gasteiger charge is -2.29. The first kappa shape index (κ1) is 12.6. The van der Waals surface area contributed by atoms with E-state index in [-0.39, 0.29) is 24.0 Å². The molecule has 1 saturated heterocycles. The van der Waals surface area contributed by atoms with E-state index in [2.05, 4.69) is 5.32 Å². The Kier molecular flexibility index (Phi) is 3.29. The highest BCUT2D eigenvalue weighted by atomic mass is 35.5. The lowest BCUT2D eigenvalue weighted by atomic mass is 9.99. The number of benzene rings is 1. The van der Waals surface area contributed by atoms with Gasteiger partial charge in [-0.2, -0.15) is 0 Å². The van der Waals surface area contributed by atoms with Crippen molar-refractivity contribution in [3.8, 4) is 0 Å². The molecule has 1 amide bonds. The maximum Gasteiger partial charge on any atom is 0.230 e. The predicted octanol–water partition coefficient (Wildman–Crippen LogP) is 1.44. The van der Waals surface area contributed by atoms with Gasteiger partial charge in [-0.1, -0.05) is 17.7 Å². The van der Waals surface area contributed by atoms with Gasteiger partial charge in [-0.15, -0.1) is 0 Å². The van der Waals surface area contributed by atoms with Crippen molar-refractivity contribution in [3.05, 3.63) is 34.3 Å². The normalized spacial score (nSPS) is 22.5. The molecule has 1 N–H and O–H groups in total. The Hall–Kier alpha value is -1.39. The fourth-order valence-electron chi connectivity index (χ4n) is 2.81. The van der Waals surface area contributed by atoms with Crippen molar-refractivity contribution in [2.24, 2.45) is 0 Å². The van der Waals surface area contributed by atoms with Crippen molar-refractivity contribution < 1.29 is 9.59 Å². The minimum absolute atomic E-state index is 0.0194. The van der Waals surface area contributed by atoms with Crippen molar-refractivity contribution in [3.63, 3.8) is 0 Å². The Bertz CT molecular complexity index is 538. The molecule has 0 aromatic heterocycles. The van der Waals surface area contributed by atoms with Crippen LogP contribution in [0.5, 0.6) is 0 Å². The quantitative estimate of drug-likeness (QED) is 0.846. The van der Waals surface area contributed by atoms with Gasteiger partial charge in [0.25, 0.3) is 0 Å². The minimum Gasteiger partial charge on any atom is -0.340 e. The van der Waals surface area contributed by atoms with E-state index >= 15 is 0 Å². The Labute approximate surface area is 116 Å². The zero-order valence-electron chi connectivity index (χ0n) is 10.5. The first-order valence-corrected chi connectivity index (χ1v) is 6.87. The topological polar surface area (TPSA) is 49.4 Å². The predicted molar refractivity (Wildman–Crippen MR) is 72.6 cm³/mol. The third-order valence-electron chi connectivity index (χ3n) is 3.81. The second-order valence-corrected chi connectivity index (χ2v) is 5.42. The fourth-order valence-corrected chi connectivity index (χ4v) is 2.98. The number of hydrogen-bond donors (Lipinski definition) is 1. The first-order chi connectivity index (χ1) is 9.16. The number of Topliss-reactive ketones (excluding diaryl/α,β-unsaturated/α-hetero) is 1. The standard InChI is InChI=1S/C14H15ClN2O2/c15-9-1-2-10-11(7-9)13(18)8-12(10)14(19)17-5-3-16-4-6-17/h1-2,7,12,16H,3-6,8H2.